The minimum absolute atomic E-state index is 0.175. The first-order valence-corrected chi connectivity index (χ1v) is 4.09. The predicted molar refractivity (Wildman–Crippen MR) is 44.8 cm³/mol. The largest absolute Gasteiger partial charge is 0.274 e. The molecule has 0 N–H and O–H groups in total. The van der Waals surface area contributed by atoms with Crippen LogP contribution in [0.1, 0.15) is 34.6 Å². The van der Waals surface area contributed by atoms with Crippen LogP contribution >= 0.6 is 0 Å². The van der Waals surface area contributed by atoms with Crippen molar-refractivity contribution in [3.05, 3.63) is 0 Å². The minimum atomic E-state index is -0.175. The second-order valence-electron chi connectivity index (χ2n) is 3.27. The molecule has 68 valence electrons. The highest BCUT2D eigenvalue weighted by molar-refractivity contribution is 4.55. The fraction of sp³-hybridized carbons (Fsp3) is 1.00. The van der Waals surface area contributed by atoms with E-state index < -0.39 is 0 Å². The van der Waals surface area contributed by atoms with Crippen molar-refractivity contribution in [1.29, 1.82) is 0 Å². The summed E-state index contributed by atoms with van der Waals surface area (Å²) in [6, 6.07) is 0. The van der Waals surface area contributed by atoms with E-state index in [0.717, 1.165) is 6.54 Å². The quantitative estimate of drug-likeness (QED) is 0.588. The Morgan fingerprint density at radius 1 is 1.18 bits per heavy atom. The van der Waals surface area contributed by atoms with Crippen LogP contribution in [-0.4, -0.2) is 24.0 Å². The average Bonchev–Trinajstić information content (AvgIpc) is 1.84. The van der Waals surface area contributed by atoms with Gasteiger partial charge in [0.2, 0.25) is 0 Å². The van der Waals surface area contributed by atoms with E-state index in [1.807, 2.05) is 34.6 Å². The summed E-state index contributed by atoms with van der Waals surface area (Å²) in [5.41, 5.74) is -0.175. The van der Waals surface area contributed by atoms with Gasteiger partial charge in [0, 0.05) is 6.54 Å². The maximum absolute atomic E-state index is 5.44. The SMILES string of the molecule is CCON(CC)OC(C)(C)C. The Labute approximate surface area is 69.2 Å². The van der Waals surface area contributed by atoms with Gasteiger partial charge < -0.3 is 0 Å². The van der Waals surface area contributed by atoms with E-state index >= 15 is 0 Å². The van der Waals surface area contributed by atoms with E-state index in [4.69, 9.17) is 9.68 Å². The van der Waals surface area contributed by atoms with Crippen LogP contribution in [0.4, 0.5) is 0 Å². The van der Waals surface area contributed by atoms with E-state index in [1.54, 1.807) is 0 Å². The summed E-state index contributed by atoms with van der Waals surface area (Å²) in [7, 11) is 0. The zero-order chi connectivity index (χ0) is 8.91. The van der Waals surface area contributed by atoms with Gasteiger partial charge >= 0.3 is 0 Å². The summed E-state index contributed by atoms with van der Waals surface area (Å²) in [6.07, 6.45) is 0. The predicted octanol–water partition coefficient (Wildman–Crippen LogP) is 1.99. The van der Waals surface area contributed by atoms with Crippen LogP contribution in [0.25, 0.3) is 0 Å². The van der Waals surface area contributed by atoms with Crippen molar-refractivity contribution >= 4 is 0 Å². The molecule has 0 aromatic rings. The molecule has 0 saturated heterocycles. The Bertz CT molecular complexity index is 98.8. The summed E-state index contributed by atoms with van der Waals surface area (Å²) in [5.74, 6) is 0. The van der Waals surface area contributed by atoms with Crippen molar-refractivity contribution in [2.45, 2.75) is 40.2 Å². The molecule has 0 aliphatic heterocycles. The molecule has 0 aliphatic rings. The average molecular weight is 161 g/mol. The van der Waals surface area contributed by atoms with E-state index in [1.165, 1.54) is 5.23 Å². The van der Waals surface area contributed by atoms with E-state index in [2.05, 4.69) is 0 Å². The summed E-state index contributed by atoms with van der Waals surface area (Å²) in [6.45, 7) is 11.3. The van der Waals surface area contributed by atoms with Gasteiger partial charge in [0.15, 0.2) is 0 Å². The van der Waals surface area contributed by atoms with Crippen molar-refractivity contribution in [3.8, 4) is 0 Å². The maximum Gasteiger partial charge on any atom is 0.0842 e. The van der Waals surface area contributed by atoms with Crippen molar-refractivity contribution < 1.29 is 9.68 Å². The number of hydrogen-bond acceptors (Lipinski definition) is 3. The van der Waals surface area contributed by atoms with Gasteiger partial charge in [-0.1, -0.05) is 5.23 Å². The molecule has 3 heteroatoms. The second kappa shape index (κ2) is 4.70. The Hall–Kier alpha value is -0.120. The van der Waals surface area contributed by atoms with Crippen LogP contribution < -0.4 is 0 Å². The first kappa shape index (κ1) is 10.9. The highest BCUT2D eigenvalue weighted by Gasteiger charge is 2.15. The van der Waals surface area contributed by atoms with Crippen molar-refractivity contribution in [2.24, 2.45) is 0 Å². The molecule has 3 nitrogen and oxygen atoms in total. The van der Waals surface area contributed by atoms with Gasteiger partial charge in [0.05, 0.1) is 12.2 Å². The Kier molecular flexibility index (Phi) is 4.65. The lowest BCUT2D eigenvalue weighted by molar-refractivity contribution is -0.397. The zero-order valence-electron chi connectivity index (χ0n) is 8.18. The Balaban J connectivity index is 3.68. The van der Waals surface area contributed by atoms with E-state index in [9.17, 15) is 0 Å². The molecular weight excluding hydrogens is 142 g/mol. The van der Waals surface area contributed by atoms with Gasteiger partial charge in [-0.05, 0) is 34.6 Å². The lowest BCUT2D eigenvalue weighted by Gasteiger charge is -2.27. The normalized spacial score (nSPS) is 12.5. The zero-order valence-corrected chi connectivity index (χ0v) is 8.18. The molecule has 0 amide bonds. The fourth-order valence-electron chi connectivity index (χ4n) is 0.632. The molecule has 0 spiro atoms. The monoisotopic (exact) mass is 161 g/mol. The molecule has 0 saturated carbocycles. The summed E-state index contributed by atoms with van der Waals surface area (Å²) in [5, 5.41) is 1.51. The van der Waals surface area contributed by atoms with Crippen LogP contribution in [0.3, 0.4) is 0 Å². The van der Waals surface area contributed by atoms with Crippen LogP contribution in [0.2, 0.25) is 0 Å². The van der Waals surface area contributed by atoms with Gasteiger partial charge in [-0.25, -0.2) is 0 Å². The lowest BCUT2D eigenvalue weighted by Crippen LogP contribution is -2.33. The van der Waals surface area contributed by atoms with Gasteiger partial charge in [0.1, 0.15) is 0 Å². The molecule has 0 radical (unpaired) electrons. The third kappa shape index (κ3) is 6.28. The van der Waals surface area contributed by atoms with E-state index in [0.29, 0.717) is 6.61 Å². The summed E-state index contributed by atoms with van der Waals surface area (Å²) in [4.78, 5) is 10.6. The number of hydroxylamine groups is 2. The number of nitrogens with zero attached hydrogens (tertiary/aromatic N) is 1. The first-order valence-electron chi connectivity index (χ1n) is 4.09. The molecule has 0 aromatic heterocycles. The lowest BCUT2D eigenvalue weighted by atomic mass is 10.2. The third-order valence-corrected chi connectivity index (χ3v) is 0.907. The summed E-state index contributed by atoms with van der Waals surface area (Å²) >= 11 is 0. The molecule has 0 rings (SSSR count). The van der Waals surface area contributed by atoms with Crippen molar-refractivity contribution in [3.63, 3.8) is 0 Å². The van der Waals surface area contributed by atoms with Crippen LogP contribution in [-0.2, 0) is 9.68 Å². The van der Waals surface area contributed by atoms with Gasteiger partial charge in [-0.15, -0.1) is 0 Å². The van der Waals surface area contributed by atoms with Crippen LogP contribution in [0, 0.1) is 0 Å². The molecule has 0 fully saturated rings. The molecule has 0 bridgehead atoms. The molecule has 0 aromatic carbocycles. The molecule has 0 unspecified atom stereocenters. The van der Waals surface area contributed by atoms with Gasteiger partial charge in [-0.3, -0.25) is 9.68 Å². The first-order chi connectivity index (χ1) is 4.99. The van der Waals surface area contributed by atoms with Crippen molar-refractivity contribution in [1.82, 2.24) is 5.23 Å². The fourth-order valence-corrected chi connectivity index (χ4v) is 0.632. The Morgan fingerprint density at radius 2 is 1.73 bits per heavy atom. The highest BCUT2D eigenvalue weighted by Crippen LogP contribution is 2.09. The van der Waals surface area contributed by atoms with Gasteiger partial charge in [0.25, 0.3) is 0 Å². The number of hydrogen-bond donors (Lipinski definition) is 0. The van der Waals surface area contributed by atoms with Crippen molar-refractivity contribution in [2.75, 3.05) is 13.2 Å². The number of rotatable bonds is 4. The van der Waals surface area contributed by atoms with Gasteiger partial charge in [-0.2, -0.15) is 0 Å². The second-order valence-corrected chi connectivity index (χ2v) is 3.27. The standard InChI is InChI=1S/C8H19NO2/c1-6-9(10-7-2)11-8(3,4)5/h6-7H2,1-5H3. The minimum Gasteiger partial charge on any atom is -0.274 e. The molecule has 0 aliphatic carbocycles. The molecule has 0 heterocycles. The topological polar surface area (TPSA) is 21.7 Å². The van der Waals surface area contributed by atoms with Crippen LogP contribution in [0.15, 0.2) is 0 Å². The highest BCUT2D eigenvalue weighted by atomic mass is 17.0. The maximum atomic E-state index is 5.44. The molecule has 11 heavy (non-hydrogen) atoms. The van der Waals surface area contributed by atoms with Crippen LogP contribution in [0.5, 0.6) is 0 Å². The summed E-state index contributed by atoms with van der Waals surface area (Å²) < 4.78 is 0. The van der Waals surface area contributed by atoms with E-state index in [-0.39, 0.29) is 5.60 Å². The smallest absolute Gasteiger partial charge is 0.0842 e. The third-order valence-electron chi connectivity index (χ3n) is 0.907. The Morgan fingerprint density at radius 3 is 2.00 bits per heavy atom. The molecular formula is C8H19NO2. The molecule has 0 atom stereocenters.